The summed E-state index contributed by atoms with van der Waals surface area (Å²) in [7, 11) is 0.137. The molecule has 0 radical (unpaired) electrons. The first kappa shape index (κ1) is 94.3. The molecule has 0 bridgehead atoms. The van der Waals surface area contributed by atoms with Gasteiger partial charge < -0.3 is 44.0 Å². The Labute approximate surface area is 652 Å². The molecule has 4 rings (SSSR count). The number of rotatable bonds is 45. The fourth-order valence-electron chi connectivity index (χ4n) is 11.3. The molecule has 107 heavy (non-hydrogen) atoms. The van der Waals surface area contributed by atoms with E-state index in [1.165, 1.54) is 71.1 Å². The van der Waals surface area contributed by atoms with Crippen molar-refractivity contribution in [1.82, 2.24) is 25.4 Å². The van der Waals surface area contributed by atoms with Crippen molar-refractivity contribution in [3.8, 4) is 11.1 Å². The van der Waals surface area contributed by atoms with Gasteiger partial charge >= 0.3 is 36.1 Å². The summed E-state index contributed by atoms with van der Waals surface area (Å²) < 4.78 is 33.8. The third kappa shape index (κ3) is 37.9. The lowest BCUT2D eigenvalue weighted by atomic mass is 9.98. The molecular weight excluding hydrogens is 1450 g/mol. The predicted molar refractivity (Wildman–Crippen MR) is 436 cm³/mol. The fraction of sp³-hybridized carbons (Fsp3) is 0.617. The van der Waals surface area contributed by atoms with Crippen LogP contribution in [-0.4, -0.2) is 164 Å². The number of nitrogens with one attached hydrogen (secondary N) is 2. The average Bonchev–Trinajstić information content (AvgIpc) is 1.62. The topological polar surface area (TPSA) is 270 Å². The smallest absolute Gasteiger partial charge is 0.410 e. The number of benzene rings is 2. The van der Waals surface area contributed by atoms with Crippen LogP contribution in [0.5, 0.6) is 0 Å². The van der Waals surface area contributed by atoms with E-state index >= 15 is 0 Å². The third-order valence-electron chi connectivity index (χ3n) is 17.1. The Hall–Kier alpha value is -6.88. The molecule has 4 amide bonds. The largest absolute Gasteiger partial charge is 0.466 e. The van der Waals surface area contributed by atoms with E-state index in [9.17, 15) is 47.9 Å². The zero-order chi connectivity index (χ0) is 79.9. The predicted octanol–water partition coefficient (Wildman–Crippen LogP) is 17.7. The summed E-state index contributed by atoms with van der Waals surface area (Å²) in [6, 6.07) is 15.9. The SMILES string of the molecule is C/C=C(\NC(=O)c1csc(CNC(=O)OC(C)(C)C)n1)C(=O)N(C)[C@H](C(=O)O[C@H](/C=C/CCSC(=O)CCCCCCC)CC(=O)OCC[Si](C)(C)C)C(C)C.CCCCCCCC(=O)SCC/C=C/[C@H](CC(=O)OCC[Si](C)(C)C)OC(=O)[C@H](C(C)C)N(C)C(=O)OCC1c2ccccc2-c2ccccc21. The molecule has 0 aliphatic heterocycles. The molecule has 0 unspecified atom stereocenters. The van der Waals surface area contributed by atoms with Gasteiger partial charge in [-0.3, -0.25) is 33.7 Å². The van der Waals surface area contributed by atoms with Crippen molar-refractivity contribution < 1.29 is 76.4 Å². The summed E-state index contributed by atoms with van der Waals surface area (Å²) in [5, 5.41) is 7.48. The molecule has 2 N–H and O–H groups in total. The zero-order valence-corrected chi connectivity index (χ0v) is 71.6. The Balaban J connectivity index is 0.000000557. The minimum Gasteiger partial charge on any atom is -0.466 e. The second kappa shape index (κ2) is 49.3. The number of fused-ring (bicyclic) bond motifs is 3. The molecule has 1 aliphatic carbocycles. The number of thioether (sulfide) groups is 2. The molecule has 26 heteroatoms. The first-order chi connectivity index (χ1) is 50.5. The molecule has 2 aromatic carbocycles. The third-order valence-corrected chi connectivity index (χ3v) is 23.3. The van der Waals surface area contributed by atoms with Crippen LogP contribution < -0.4 is 10.6 Å². The van der Waals surface area contributed by atoms with Crippen molar-refractivity contribution in [2.45, 2.75) is 266 Å². The summed E-state index contributed by atoms with van der Waals surface area (Å²) in [6.45, 7) is 32.3. The first-order valence-corrected chi connectivity index (χ1v) is 48.4. The van der Waals surface area contributed by atoms with Gasteiger partial charge in [0.2, 0.25) is 0 Å². The van der Waals surface area contributed by atoms with Crippen molar-refractivity contribution in [1.29, 1.82) is 0 Å². The molecule has 0 saturated heterocycles. The maximum absolute atomic E-state index is 13.8. The van der Waals surface area contributed by atoms with Gasteiger partial charge in [0.15, 0.2) is 10.2 Å². The van der Waals surface area contributed by atoms with Gasteiger partial charge in [0, 0.05) is 65.9 Å². The minimum absolute atomic E-state index is 0.0437. The molecule has 0 spiro atoms. The summed E-state index contributed by atoms with van der Waals surface area (Å²) in [6.07, 6.45) is 18.1. The molecule has 4 atom stereocenters. The van der Waals surface area contributed by atoms with Crippen molar-refractivity contribution in [3.63, 3.8) is 0 Å². The van der Waals surface area contributed by atoms with Gasteiger partial charge in [-0.25, -0.2) is 24.2 Å². The number of likely N-dealkylation sites (N-methyl/N-ethyl adjacent to an activating group) is 2. The highest BCUT2D eigenvalue weighted by atomic mass is 32.2. The van der Waals surface area contributed by atoms with Gasteiger partial charge in [0.25, 0.3) is 11.8 Å². The number of nitrogens with zero attached hydrogens (tertiary/aromatic N) is 3. The molecule has 3 aromatic rings. The lowest BCUT2D eigenvalue weighted by Gasteiger charge is -2.31. The van der Waals surface area contributed by atoms with Gasteiger partial charge in [-0.2, -0.15) is 0 Å². The summed E-state index contributed by atoms with van der Waals surface area (Å²) >= 11 is 3.74. The molecule has 1 aromatic heterocycles. The van der Waals surface area contributed by atoms with Gasteiger partial charge in [0.05, 0.1) is 32.6 Å². The van der Waals surface area contributed by atoms with Crippen molar-refractivity contribution in [2.75, 3.05) is 45.4 Å². The number of ether oxygens (including phenoxy) is 6. The highest BCUT2D eigenvalue weighted by molar-refractivity contribution is 8.13. The Morgan fingerprint density at radius 1 is 0.626 bits per heavy atom. The Kier molecular flexibility index (Phi) is 43.5. The summed E-state index contributed by atoms with van der Waals surface area (Å²) in [5.74, 6) is -3.23. The Bertz CT molecular complexity index is 3360. The van der Waals surface area contributed by atoms with Crippen molar-refractivity contribution in [3.05, 3.63) is 112 Å². The maximum Gasteiger partial charge on any atom is 0.410 e. The molecule has 596 valence electrons. The monoisotopic (exact) mass is 1580 g/mol. The van der Waals surface area contributed by atoms with E-state index in [1.807, 2.05) is 44.2 Å². The maximum atomic E-state index is 13.8. The van der Waals surface area contributed by atoms with E-state index in [0.717, 1.165) is 90.6 Å². The van der Waals surface area contributed by atoms with E-state index in [4.69, 9.17) is 28.4 Å². The number of hydrogen-bond donors (Lipinski definition) is 2. The number of carbonyl (C=O) groups excluding carboxylic acids is 10. The second-order valence-electron chi connectivity index (χ2n) is 31.0. The number of hydrogen-bond acceptors (Lipinski definition) is 20. The molecule has 0 fully saturated rings. The van der Waals surface area contributed by atoms with E-state index in [0.29, 0.717) is 48.8 Å². The highest BCUT2D eigenvalue weighted by Gasteiger charge is 2.38. The van der Waals surface area contributed by atoms with Crippen molar-refractivity contribution in [2.24, 2.45) is 11.8 Å². The normalized spacial score (nSPS) is 13.5. The molecule has 1 aliphatic rings. The van der Waals surface area contributed by atoms with E-state index in [1.54, 1.807) is 66.8 Å². The molecular formula is C81H125N5O16S3Si2. The van der Waals surface area contributed by atoms with Crippen LogP contribution in [0.1, 0.15) is 205 Å². The van der Waals surface area contributed by atoms with Crippen molar-refractivity contribution >= 4 is 109 Å². The number of alkyl carbamates (subject to hydrolysis) is 1. The number of unbranched alkanes of at least 4 members (excludes halogenated alkanes) is 8. The van der Waals surface area contributed by atoms with Crippen LogP contribution >= 0.6 is 34.9 Å². The van der Waals surface area contributed by atoms with Gasteiger partial charge in [-0.05, 0) is 112 Å². The van der Waals surface area contributed by atoms with Crippen LogP contribution in [-0.2, 0) is 68.5 Å². The molecule has 1 heterocycles. The quantitative estimate of drug-likeness (QED) is 0.0133. The van der Waals surface area contributed by atoms with Crippen LogP contribution in [0.2, 0.25) is 51.4 Å². The lowest BCUT2D eigenvalue weighted by molar-refractivity contribution is -0.161. The minimum atomic E-state index is -1.45. The number of amides is 4. The van der Waals surface area contributed by atoms with E-state index in [2.05, 4.69) is 93.0 Å². The average molecular weight is 1580 g/mol. The fourth-order valence-corrected chi connectivity index (χ4v) is 14.9. The van der Waals surface area contributed by atoms with Crippen LogP contribution in [0.4, 0.5) is 9.59 Å². The zero-order valence-electron chi connectivity index (χ0n) is 67.2. The number of thiazole rings is 1. The Morgan fingerprint density at radius 2 is 1.07 bits per heavy atom. The standard InChI is InChI=1S/C41H59NO7SSi.C40H66N4O9S2Si/c1-8-9-10-11-12-24-38(44)50-26-18-17-19-31(28-37(43)47-25-27-51(5,6)7)49-40(45)39(30(2)3)42(4)41(46)48-29-36-34-22-15-13-20-32(34)33-21-14-16-23-35(33)36;1-12-14-15-16-17-21-34(46)54-23-19-18-20-29(25-33(45)51-22-24-56(9,10)11)52-38(49)35(28(3)4)44(8)37(48)30(13-2)43-36(47)31-27-55-32(42-31)26-41-39(50)53-40(5,6)7/h13-17,19-23,30-31,36,39H,8-12,18,24-29H2,1-7H3;13,18,20,27-29,35H,12,14-17,19,21-26H2,1-11H3,(H,41,50)(H,43,47)/b19-17+;20-18+,30-13-/t31-,39+;29-,35+/m11/s1. The van der Waals surface area contributed by atoms with Crippen LogP contribution in [0.3, 0.4) is 0 Å². The number of esters is 4. The number of carbonyl (C=O) groups is 10. The Morgan fingerprint density at radius 3 is 1.50 bits per heavy atom. The van der Waals surface area contributed by atoms with Crippen LogP contribution in [0, 0.1) is 11.8 Å². The number of aromatic nitrogens is 1. The van der Waals surface area contributed by atoms with E-state index < -0.39 is 99.8 Å². The van der Waals surface area contributed by atoms with E-state index in [-0.39, 0.29) is 66.1 Å². The lowest BCUT2D eigenvalue weighted by Crippen LogP contribution is -2.49. The van der Waals surface area contributed by atoms with Crippen LogP contribution in [0.15, 0.2) is 90.0 Å². The second-order valence-corrected chi connectivity index (χ2v) is 45.5. The molecule has 0 saturated carbocycles. The highest BCUT2D eigenvalue weighted by Crippen LogP contribution is 2.44. The number of allylic oxidation sites excluding steroid dienone is 3. The summed E-state index contributed by atoms with van der Waals surface area (Å²) in [5.41, 5.74) is 3.77. The van der Waals surface area contributed by atoms with Gasteiger partial charge in [0.1, 0.15) is 52.9 Å². The van der Waals surface area contributed by atoms with Crippen LogP contribution in [0.25, 0.3) is 11.1 Å². The molecule has 21 nitrogen and oxygen atoms in total. The van der Waals surface area contributed by atoms with Gasteiger partial charge in [-0.1, -0.05) is 222 Å². The van der Waals surface area contributed by atoms with Gasteiger partial charge in [-0.15, -0.1) is 11.3 Å². The summed E-state index contributed by atoms with van der Waals surface area (Å²) in [4.78, 5) is 137. The first-order valence-electron chi connectivity index (χ1n) is 38.1.